The van der Waals surface area contributed by atoms with Crippen LogP contribution in [0.1, 0.15) is 36.1 Å². The third-order valence-electron chi connectivity index (χ3n) is 3.08. The van der Waals surface area contributed by atoms with E-state index in [4.69, 9.17) is 15.6 Å². The predicted octanol–water partition coefficient (Wildman–Crippen LogP) is 2.42. The smallest absolute Gasteiger partial charge is 0.306 e. The van der Waals surface area contributed by atoms with Crippen LogP contribution in [-0.4, -0.2) is 18.2 Å². The molecule has 18 heavy (non-hydrogen) atoms. The van der Waals surface area contributed by atoms with Crippen LogP contribution in [0, 0.1) is 19.8 Å². The Balaban J connectivity index is 3.04. The molecule has 1 aromatic rings. The van der Waals surface area contributed by atoms with Crippen LogP contribution in [0.2, 0.25) is 0 Å². The first-order valence-corrected chi connectivity index (χ1v) is 6.00. The summed E-state index contributed by atoms with van der Waals surface area (Å²) in [6, 6.07) is 3.66. The molecule has 0 fully saturated rings. The standard InChI is InChI=1S/C14H21NO3/c1-8-5-9(2)13(18-4)11(6-8)12(15)7-10(3)14(16)17/h5-6,10,12H,7,15H2,1-4H3,(H,16,17). The first-order valence-electron chi connectivity index (χ1n) is 6.00. The molecule has 4 heteroatoms. The summed E-state index contributed by atoms with van der Waals surface area (Å²) in [5.41, 5.74) is 9.10. The highest BCUT2D eigenvalue weighted by molar-refractivity contribution is 5.69. The van der Waals surface area contributed by atoms with Crippen LogP contribution in [0.15, 0.2) is 12.1 Å². The predicted molar refractivity (Wildman–Crippen MR) is 70.8 cm³/mol. The van der Waals surface area contributed by atoms with Gasteiger partial charge in [0.25, 0.3) is 0 Å². The first kappa shape index (κ1) is 14.5. The molecule has 0 aromatic heterocycles. The quantitative estimate of drug-likeness (QED) is 0.843. The monoisotopic (exact) mass is 251 g/mol. The molecule has 0 radical (unpaired) electrons. The molecule has 2 unspecified atom stereocenters. The van der Waals surface area contributed by atoms with Gasteiger partial charge in [-0.25, -0.2) is 0 Å². The van der Waals surface area contributed by atoms with Gasteiger partial charge in [0, 0.05) is 11.6 Å². The number of methoxy groups -OCH3 is 1. The number of aliphatic carboxylic acids is 1. The second-order valence-electron chi connectivity index (χ2n) is 4.79. The van der Waals surface area contributed by atoms with Crippen molar-refractivity contribution in [3.05, 3.63) is 28.8 Å². The normalized spacial score (nSPS) is 14.1. The second-order valence-corrected chi connectivity index (χ2v) is 4.79. The van der Waals surface area contributed by atoms with Gasteiger partial charge in [-0.15, -0.1) is 0 Å². The Hall–Kier alpha value is -1.55. The van der Waals surface area contributed by atoms with Crippen LogP contribution in [-0.2, 0) is 4.79 Å². The molecule has 0 saturated carbocycles. The molecular formula is C14H21NO3. The van der Waals surface area contributed by atoms with E-state index < -0.39 is 11.9 Å². The van der Waals surface area contributed by atoms with E-state index >= 15 is 0 Å². The largest absolute Gasteiger partial charge is 0.496 e. The van der Waals surface area contributed by atoms with Crippen LogP contribution in [0.5, 0.6) is 5.75 Å². The van der Waals surface area contributed by atoms with E-state index in [1.165, 1.54) is 0 Å². The van der Waals surface area contributed by atoms with Gasteiger partial charge in [0.2, 0.25) is 0 Å². The van der Waals surface area contributed by atoms with Crippen molar-refractivity contribution < 1.29 is 14.6 Å². The summed E-state index contributed by atoms with van der Waals surface area (Å²) >= 11 is 0. The van der Waals surface area contributed by atoms with Crippen molar-refractivity contribution in [3.8, 4) is 5.75 Å². The van der Waals surface area contributed by atoms with E-state index in [1.807, 2.05) is 26.0 Å². The highest BCUT2D eigenvalue weighted by Gasteiger charge is 2.20. The van der Waals surface area contributed by atoms with Gasteiger partial charge in [-0.1, -0.05) is 24.6 Å². The Morgan fingerprint density at radius 1 is 1.44 bits per heavy atom. The Kier molecular flexibility index (Phi) is 4.73. The second kappa shape index (κ2) is 5.87. The van der Waals surface area contributed by atoms with E-state index in [1.54, 1.807) is 14.0 Å². The number of aryl methyl sites for hydroxylation is 2. The topological polar surface area (TPSA) is 72.5 Å². The number of ether oxygens (including phenoxy) is 1. The minimum absolute atomic E-state index is 0.329. The molecule has 3 N–H and O–H groups in total. The lowest BCUT2D eigenvalue weighted by molar-refractivity contribution is -0.141. The number of carbonyl (C=O) groups is 1. The van der Waals surface area contributed by atoms with Crippen molar-refractivity contribution >= 4 is 5.97 Å². The SMILES string of the molecule is COc1c(C)cc(C)cc1C(N)CC(C)C(=O)O. The number of carboxylic acids is 1. The van der Waals surface area contributed by atoms with Crippen molar-refractivity contribution in [1.82, 2.24) is 0 Å². The van der Waals surface area contributed by atoms with Gasteiger partial charge in [-0.3, -0.25) is 4.79 Å². The van der Waals surface area contributed by atoms with Gasteiger partial charge in [-0.05, 0) is 25.8 Å². The summed E-state index contributed by atoms with van der Waals surface area (Å²) in [6.07, 6.45) is 0.397. The fourth-order valence-electron chi connectivity index (χ4n) is 2.15. The first-order chi connectivity index (χ1) is 8.36. The number of benzene rings is 1. The molecule has 4 nitrogen and oxygen atoms in total. The zero-order valence-corrected chi connectivity index (χ0v) is 11.4. The third-order valence-corrected chi connectivity index (χ3v) is 3.08. The van der Waals surface area contributed by atoms with Crippen molar-refractivity contribution in [2.45, 2.75) is 33.2 Å². The Morgan fingerprint density at radius 3 is 2.56 bits per heavy atom. The summed E-state index contributed by atoms with van der Waals surface area (Å²) < 4.78 is 5.37. The Morgan fingerprint density at radius 2 is 2.06 bits per heavy atom. The maximum absolute atomic E-state index is 10.9. The molecule has 0 aliphatic heterocycles. The summed E-state index contributed by atoms with van der Waals surface area (Å²) in [5.74, 6) is -0.537. The van der Waals surface area contributed by atoms with Gasteiger partial charge >= 0.3 is 5.97 Å². The van der Waals surface area contributed by atoms with Gasteiger partial charge in [0.1, 0.15) is 5.75 Å². The number of nitrogens with two attached hydrogens (primary N) is 1. The van der Waals surface area contributed by atoms with Crippen molar-refractivity contribution in [2.75, 3.05) is 7.11 Å². The minimum Gasteiger partial charge on any atom is -0.496 e. The Bertz CT molecular complexity index is 443. The third kappa shape index (κ3) is 3.23. The lowest BCUT2D eigenvalue weighted by atomic mass is 9.93. The number of hydrogen-bond donors (Lipinski definition) is 2. The van der Waals surface area contributed by atoms with Crippen LogP contribution in [0.3, 0.4) is 0 Å². The maximum Gasteiger partial charge on any atom is 0.306 e. The van der Waals surface area contributed by atoms with Crippen LogP contribution >= 0.6 is 0 Å². The van der Waals surface area contributed by atoms with Gasteiger partial charge in [0.15, 0.2) is 0 Å². The number of hydrogen-bond acceptors (Lipinski definition) is 3. The lowest BCUT2D eigenvalue weighted by Crippen LogP contribution is -2.20. The molecule has 2 atom stereocenters. The van der Waals surface area contributed by atoms with E-state index in [0.29, 0.717) is 6.42 Å². The molecule has 1 aromatic carbocycles. The zero-order valence-electron chi connectivity index (χ0n) is 11.4. The van der Waals surface area contributed by atoms with E-state index in [0.717, 1.165) is 22.4 Å². The number of rotatable bonds is 5. The summed E-state index contributed by atoms with van der Waals surface area (Å²) in [6.45, 7) is 5.61. The maximum atomic E-state index is 10.9. The molecule has 0 aliphatic rings. The minimum atomic E-state index is -0.825. The van der Waals surface area contributed by atoms with Crippen molar-refractivity contribution in [1.29, 1.82) is 0 Å². The highest BCUT2D eigenvalue weighted by atomic mass is 16.5. The lowest BCUT2D eigenvalue weighted by Gasteiger charge is -2.20. The fraction of sp³-hybridized carbons (Fsp3) is 0.500. The van der Waals surface area contributed by atoms with Gasteiger partial charge in [-0.2, -0.15) is 0 Å². The Labute approximate surface area is 108 Å². The molecular weight excluding hydrogens is 230 g/mol. The molecule has 0 saturated heterocycles. The summed E-state index contributed by atoms with van der Waals surface area (Å²) in [5, 5.41) is 8.93. The molecule has 0 heterocycles. The summed E-state index contributed by atoms with van der Waals surface area (Å²) in [7, 11) is 1.61. The molecule has 0 spiro atoms. The fourth-order valence-corrected chi connectivity index (χ4v) is 2.15. The van der Waals surface area contributed by atoms with Crippen molar-refractivity contribution in [3.63, 3.8) is 0 Å². The number of carboxylic acid groups (broad SMARTS) is 1. The van der Waals surface area contributed by atoms with E-state index in [9.17, 15) is 4.79 Å². The molecule has 0 aliphatic carbocycles. The molecule has 1 rings (SSSR count). The van der Waals surface area contributed by atoms with Gasteiger partial charge < -0.3 is 15.6 Å². The highest BCUT2D eigenvalue weighted by Crippen LogP contribution is 2.31. The average Bonchev–Trinajstić information content (AvgIpc) is 2.27. The van der Waals surface area contributed by atoms with Crippen LogP contribution in [0.25, 0.3) is 0 Å². The van der Waals surface area contributed by atoms with E-state index in [2.05, 4.69) is 0 Å². The van der Waals surface area contributed by atoms with Crippen molar-refractivity contribution in [2.24, 2.45) is 11.7 Å². The van der Waals surface area contributed by atoms with Crippen LogP contribution < -0.4 is 10.5 Å². The van der Waals surface area contributed by atoms with Crippen LogP contribution in [0.4, 0.5) is 0 Å². The van der Waals surface area contributed by atoms with Gasteiger partial charge in [0.05, 0.1) is 13.0 Å². The zero-order chi connectivity index (χ0) is 13.9. The summed E-state index contributed by atoms with van der Waals surface area (Å²) in [4.78, 5) is 10.9. The molecule has 0 amide bonds. The molecule has 100 valence electrons. The average molecular weight is 251 g/mol. The molecule has 0 bridgehead atoms. The van der Waals surface area contributed by atoms with E-state index in [-0.39, 0.29) is 6.04 Å².